The van der Waals surface area contributed by atoms with Gasteiger partial charge < -0.3 is 5.11 Å². The Kier molecular flexibility index (Phi) is 3.51. The molecule has 2 rings (SSSR count). The van der Waals surface area contributed by atoms with Crippen LogP contribution in [0.3, 0.4) is 0 Å². The highest BCUT2D eigenvalue weighted by molar-refractivity contribution is 7.89. The van der Waals surface area contributed by atoms with Crippen LogP contribution in [0.4, 0.5) is 0 Å². The summed E-state index contributed by atoms with van der Waals surface area (Å²) in [4.78, 5) is 0. The Balaban J connectivity index is 2.28. The van der Waals surface area contributed by atoms with E-state index in [9.17, 15) is 13.5 Å². The molecule has 1 saturated heterocycles. The number of rotatable bonds is 2. The molecule has 1 fully saturated rings. The van der Waals surface area contributed by atoms with Gasteiger partial charge in [-0.25, -0.2) is 12.7 Å². The van der Waals surface area contributed by atoms with Gasteiger partial charge in [0.05, 0.1) is 6.10 Å². The maximum atomic E-state index is 12.1. The molecule has 1 aliphatic rings. The predicted molar refractivity (Wildman–Crippen MR) is 66.0 cm³/mol. The Hall–Kier alpha value is -0.910. The van der Waals surface area contributed by atoms with E-state index in [0.29, 0.717) is 18.5 Å². The summed E-state index contributed by atoms with van der Waals surface area (Å²) >= 11 is 0. The van der Waals surface area contributed by atoms with Gasteiger partial charge >= 0.3 is 0 Å². The molecule has 1 aromatic carbocycles. The Morgan fingerprint density at radius 3 is 2.65 bits per heavy atom. The quantitative estimate of drug-likeness (QED) is 0.862. The lowest BCUT2D eigenvalue weighted by Crippen LogP contribution is -2.44. The van der Waals surface area contributed by atoms with Crippen molar-refractivity contribution in [2.45, 2.75) is 24.2 Å². The van der Waals surface area contributed by atoms with Gasteiger partial charge in [0, 0.05) is 13.6 Å². The fraction of sp³-hybridized carbons (Fsp3) is 0.500. The monoisotopic (exact) mass is 255 g/mol. The fourth-order valence-corrected chi connectivity index (χ4v) is 4.00. The van der Waals surface area contributed by atoms with Crippen LogP contribution in [-0.2, 0) is 10.0 Å². The number of sulfonamides is 1. The van der Waals surface area contributed by atoms with Gasteiger partial charge in [-0.15, -0.1) is 0 Å². The zero-order valence-electron chi connectivity index (χ0n) is 9.78. The summed E-state index contributed by atoms with van der Waals surface area (Å²) in [5.74, 6) is 0. The van der Waals surface area contributed by atoms with Crippen molar-refractivity contribution >= 4 is 10.0 Å². The first-order valence-corrected chi connectivity index (χ1v) is 7.22. The van der Waals surface area contributed by atoms with E-state index in [1.165, 1.54) is 4.31 Å². The maximum absolute atomic E-state index is 12.1. The second-order valence-corrected chi connectivity index (χ2v) is 6.66. The molecule has 0 bridgehead atoms. The summed E-state index contributed by atoms with van der Waals surface area (Å²) in [6, 6.07) is 8.97. The van der Waals surface area contributed by atoms with Crippen molar-refractivity contribution in [2.24, 2.45) is 0 Å². The summed E-state index contributed by atoms with van der Waals surface area (Å²) in [7, 11) is -1.80. The molecule has 0 spiro atoms. The standard InChI is InChI=1S/C12H17NO3S/c1-13-9-5-8-11(17(13,15)16)12(14)10-6-3-2-4-7-10/h2-4,6-7,11-12,14H,5,8-9H2,1H3/t11-,12+/m0/s1. The summed E-state index contributed by atoms with van der Waals surface area (Å²) in [6.45, 7) is 0.542. The molecule has 0 aliphatic carbocycles. The van der Waals surface area contributed by atoms with Crippen molar-refractivity contribution in [2.75, 3.05) is 13.6 Å². The van der Waals surface area contributed by atoms with E-state index in [4.69, 9.17) is 0 Å². The number of hydrogen-bond acceptors (Lipinski definition) is 3. The van der Waals surface area contributed by atoms with Crippen molar-refractivity contribution in [1.82, 2.24) is 4.31 Å². The molecular weight excluding hydrogens is 238 g/mol. The van der Waals surface area contributed by atoms with E-state index in [1.807, 2.05) is 6.07 Å². The second-order valence-electron chi connectivity index (χ2n) is 4.40. The highest BCUT2D eigenvalue weighted by Crippen LogP contribution is 2.30. The summed E-state index contributed by atoms with van der Waals surface area (Å²) in [5.41, 5.74) is 0.663. The smallest absolute Gasteiger partial charge is 0.219 e. The molecule has 94 valence electrons. The first kappa shape index (κ1) is 12.5. The molecule has 1 N–H and O–H groups in total. The van der Waals surface area contributed by atoms with Crippen LogP contribution in [0.15, 0.2) is 30.3 Å². The van der Waals surface area contributed by atoms with Crippen LogP contribution in [0.25, 0.3) is 0 Å². The molecule has 1 heterocycles. The summed E-state index contributed by atoms with van der Waals surface area (Å²) < 4.78 is 25.5. The van der Waals surface area contributed by atoms with Crippen molar-refractivity contribution in [3.63, 3.8) is 0 Å². The molecule has 0 saturated carbocycles. The van der Waals surface area contributed by atoms with Crippen LogP contribution in [0.2, 0.25) is 0 Å². The fourth-order valence-electron chi connectivity index (χ4n) is 2.21. The average molecular weight is 255 g/mol. The number of nitrogens with zero attached hydrogens (tertiary/aromatic N) is 1. The molecule has 0 aromatic heterocycles. The van der Waals surface area contributed by atoms with E-state index in [2.05, 4.69) is 0 Å². The highest BCUT2D eigenvalue weighted by atomic mass is 32.2. The molecule has 17 heavy (non-hydrogen) atoms. The maximum Gasteiger partial charge on any atom is 0.219 e. The van der Waals surface area contributed by atoms with Crippen molar-refractivity contribution in [3.8, 4) is 0 Å². The van der Waals surface area contributed by atoms with E-state index in [0.717, 1.165) is 6.42 Å². The van der Waals surface area contributed by atoms with Gasteiger partial charge in [-0.3, -0.25) is 0 Å². The third-order valence-corrected chi connectivity index (χ3v) is 5.58. The van der Waals surface area contributed by atoms with Crippen LogP contribution in [-0.4, -0.2) is 36.7 Å². The minimum absolute atomic E-state index is 0.517. The number of hydrogen-bond donors (Lipinski definition) is 1. The van der Waals surface area contributed by atoms with Crippen LogP contribution >= 0.6 is 0 Å². The van der Waals surface area contributed by atoms with Crippen molar-refractivity contribution < 1.29 is 13.5 Å². The third-order valence-electron chi connectivity index (χ3n) is 3.27. The summed E-state index contributed by atoms with van der Waals surface area (Å²) in [6.07, 6.45) is 0.372. The van der Waals surface area contributed by atoms with Gasteiger partial charge in [-0.05, 0) is 18.4 Å². The van der Waals surface area contributed by atoms with Gasteiger partial charge in [0.15, 0.2) is 0 Å². The van der Waals surface area contributed by atoms with Gasteiger partial charge in [-0.2, -0.15) is 0 Å². The van der Waals surface area contributed by atoms with E-state index in [-0.39, 0.29) is 0 Å². The Labute approximate surface area is 102 Å². The molecular formula is C12H17NO3S. The lowest BCUT2D eigenvalue weighted by molar-refractivity contribution is 0.158. The average Bonchev–Trinajstić information content (AvgIpc) is 2.33. The number of aliphatic hydroxyl groups is 1. The third kappa shape index (κ3) is 2.36. The second kappa shape index (κ2) is 4.76. The van der Waals surface area contributed by atoms with E-state index in [1.54, 1.807) is 31.3 Å². The van der Waals surface area contributed by atoms with Gasteiger partial charge in [0.1, 0.15) is 5.25 Å². The van der Waals surface area contributed by atoms with Gasteiger partial charge in [-0.1, -0.05) is 30.3 Å². The highest BCUT2D eigenvalue weighted by Gasteiger charge is 2.38. The molecule has 2 atom stereocenters. The lowest BCUT2D eigenvalue weighted by Gasteiger charge is -2.32. The van der Waals surface area contributed by atoms with Crippen LogP contribution in [0.1, 0.15) is 24.5 Å². The summed E-state index contributed by atoms with van der Waals surface area (Å²) in [5, 5.41) is 9.47. The molecule has 0 amide bonds. The normalized spacial score (nSPS) is 26.6. The van der Waals surface area contributed by atoms with Crippen LogP contribution in [0, 0.1) is 0 Å². The van der Waals surface area contributed by atoms with E-state index >= 15 is 0 Å². The van der Waals surface area contributed by atoms with Crippen molar-refractivity contribution in [3.05, 3.63) is 35.9 Å². The first-order valence-electron chi connectivity index (χ1n) is 5.71. The largest absolute Gasteiger partial charge is 0.387 e. The topological polar surface area (TPSA) is 57.6 Å². The zero-order valence-corrected chi connectivity index (χ0v) is 10.6. The Morgan fingerprint density at radius 1 is 1.35 bits per heavy atom. The zero-order chi connectivity index (χ0) is 12.5. The Bertz CT molecular complexity index is 472. The van der Waals surface area contributed by atoms with Gasteiger partial charge in [0.2, 0.25) is 10.0 Å². The molecule has 0 unspecified atom stereocenters. The van der Waals surface area contributed by atoms with Crippen LogP contribution in [0.5, 0.6) is 0 Å². The molecule has 5 heteroatoms. The number of aliphatic hydroxyl groups excluding tert-OH is 1. The minimum atomic E-state index is -3.37. The SMILES string of the molecule is CN1CCC[C@@H]([C@H](O)c2ccccc2)S1(=O)=O. The first-order chi connectivity index (χ1) is 8.03. The van der Waals surface area contributed by atoms with Crippen LogP contribution < -0.4 is 0 Å². The van der Waals surface area contributed by atoms with E-state index < -0.39 is 21.4 Å². The van der Waals surface area contributed by atoms with Gasteiger partial charge in [0.25, 0.3) is 0 Å². The molecule has 0 radical (unpaired) electrons. The van der Waals surface area contributed by atoms with Crippen molar-refractivity contribution in [1.29, 1.82) is 0 Å². The molecule has 4 nitrogen and oxygen atoms in total. The molecule has 1 aliphatic heterocycles. The number of benzene rings is 1. The predicted octanol–water partition coefficient (Wildman–Crippen LogP) is 1.14. The Morgan fingerprint density at radius 2 is 2.00 bits per heavy atom. The minimum Gasteiger partial charge on any atom is -0.387 e. The molecule has 1 aromatic rings. The lowest BCUT2D eigenvalue weighted by atomic mass is 10.0.